The highest BCUT2D eigenvalue weighted by molar-refractivity contribution is 5.99. The van der Waals surface area contributed by atoms with Crippen LogP contribution >= 0.6 is 0 Å². The summed E-state index contributed by atoms with van der Waals surface area (Å²) in [4.78, 5) is 13.2. The molecule has 0 spiro atoms. The molecule has 0 heterocycles. The van der Waals surface area contributed by atoms with Crippen molar-refractivity contribution in [3.05, 3.63) is 24.3 Å². The van der Waals surface area contributed by atoms with Crippen LogP contribution in [0.2, 0.25) is 0 Å². The first-order valence-electron chi connectivity index (χ1n) is 2.85. The molecule has 50 valence electrons. The molecule has 3 heteroatoms. The van der Waals surface area contributed by atoms with Gasteiger partial charge in [0.05, 0.1) is 5.71 Å². The van der Waals surface area contributed by atoms with Gasteiger partial charge in [-0.25, -0.2) is 4.79 Å². The van der Waals surface area contributed by atoms with Crippen LogP contribution < -0.4 is 0 Å². The molecule has 0 saturated carbocycles. The minimum Gasteiger partial charge on any atom is -0.303 e. The van der Waals surface area contributed by atoms with Crippen molar-refractivity contribution < 1.29 is 4.79 Å². The molecule has 0 fully saturated rings. The molecule has 1 aliphatic rings. The maximum Gasteiger partial charge on any atom is 0.235 e. The second-order valence-electron chi connectivity index (χ2n) is 1.86. The van der Waals surface area contributed by atoms with Gasteiger partial charge in [0.1, 0.15) is 6.04 Å². The van der Waals surface area contributed by atoms with E-state index < -0.39 is 6.04 Å². The molecule has 0 amide bonds. The summed E-state index contributed by atoms with van der Waals surface area (Å²) in [6.45, 7) is 0. The predicted molar refractivity (Wildman–Crippen MR) is 37.9 cm³/mol. The molecule has 0 aromatic heterocycles. The third kappa shape index (κ3) is 1.27. The van der Waals surface area contributed by atoms with Gasteiger partial charge in [-0.15, -0.1) is 0 Å². The lowest BCUT2D eigenvalue weighted by Crippen LogP contribution is -2.13. The molecule has 0 bridgehead atoms. The molecule has 1 aliphatic carbocycles. The number of aliphatic imine (C=N–C) groups is 1. The van der Waals surface area contributed by atoms with Crippen molar-refractivity contribution in [3.63, 3.8) is 0 Å². The highest BCUT2D eigenvalue weighted by Crippen LogP contribution is 2.02. The van der Waals surface area contributed by atoms with E-state index in [0.717, 1.165) is 0 Å². The molecule has 0 saturated heterocycles. The Balaban J connectivity index is 2.79. The largest absolute Gasteiger partial charge is 0.303 e. The molecular weight excluding hydrogens is 128 g/mol. The lowest BCUT2D eigenvalue weighted by molar-refractivity contribution is 0.563. The first-order valence-corrected chi connectivity index (χ1v) is 2.85. The molecule has 3 nitrogen and oxygen atoms in total. The van der Waals surface area contributed by atoms with Gasteiger partial charge in [0.15, 0.2) is 0 Å². The Morgan fingerprint density at radius 2 is 2.40 bits per heavy atom. The van der Waals surface area contributed by atoms with Gasteiger partial charge in [-0.3, -0.25) is 0 Å². The molecule has 0 aliphatic heterocycles. The fraction of sp³-hybridized carbons (Fsp3) is 0.143. The first kappa shape index (κ1) is 6.65. The summed E-state index contributed by atoms with van der Waals surface area (Å²) in [7, 11) is 0. The molecule has 0 aromatic carbocycles. The van der Waals surface area contributed by atoms with E-state index in [0.29, 0.717) is 5.71 Å². The van der Waals surface area contributed by atoms with Crippen LogP contribution in [-0.2, 0) is 4.79 Å². The average Bonchev–Trinajstić information content (AvgIpc) is 1.94. The molecule has 1 rings (SSSR count). The molecule has 0 radical (unpaired) electrons. The number of hydrogen-bond acceptors (Lipinski definition) is 3. The van der Waals surface area contributed by atoms with Crippen molar-refractivity contribution in [1.82, 2.24) is 0 Å². The van der Waals surface area contributed by atoms with E-state index in [1.807, 2.05) is 0 Å². The molecule has 0 aromatic rings. The molecule has 10 heavy (non-hydrogen) atoms. The van der Waals surface area contributed by atoms with E-state index in [9.17, 15) is 4.79 Å². The van der Waals surface area contributed by atoms with Crippen molar-refractivity contribution in [1.29, 1.82) is 5.41 Å². The van der Waals surface area contributed by atoms with Gasteiger partial charge in [-0.1, -0.05) is 18.2 Å². The van der Waals surface area contributed by atoms with E-state index in [1.54, 1.807) is 24.3 Å². The fourth-order valence-corrected chi connectivity index (χ4v) is 0.700. The molecule has 1 N–H and O–H groups in total. The molecule has 1 atom stereocenters. The Labute approximate surface area is 58.3 Å². The SMILES string of the molecule is N=C1C=CC=CC1N=C=O. The van der Waals surface area contributed by atoms with Crippen LogP contribution in [-0.4, -0.2) is 17.8 Å². The average molecular weight is 134 g/mol. The second kappa shape index (κ2) is 2.90. The number of allylic oxidation sites excluding steroid dienone is 2. The minimum atomic E-state index is -0.414. The maximum atomic E-state index is 9.77. The number of hydrogen-bond donors (Lipinski definition) is 1. The Morgan fingerprint density at radius 3 is 3.00 bits per heavy atom. The van der Waals surface area contributed by atoms with Gasteiger partial charge in [-0.05, 0) is 6.08 Å². The van der Waals surface area contributed by atoms with Crippen LogP contribution in [0.25, 0.3) is 0 Å². The van der Waals surface area contributed by atoms with E-state index in [1.165, 1.54) is 6.08 Å². The highest BCUT2D eigenvalue weighted by atomic mass is 16.1. The van der Waals surface area contributed by atoms with Crippen LogP contribution in [0.15, 0.2) is 29.3 Å². The van der Waals surface area contributed by atoms with E-state index in [4.69, 9.17) is 5.41 Å². The third-order valence-corrected chi connectivity index (χ3v) is 1.19. The minimum absolute atomic E-state index is 0.325. The summed E-state index contributed by atoms with van der Waals surface area (Å²) in [5.41, 5.74) is 0.325. The van der Waals surface area contributed by atoms with E-state index in [-0.39, 0.29) is 0 Å². The van der Waals surface area contributed by atoms with Crippen molar-refractivity contribution in [3.8, 4) is 0 Å². The van der Waals surface area contributed by atoms with Gasteiger partial charge in [0.25, 0.3) is 0 Å². The first-order chi connectivity index (χ1) is 4.84. The maximum absolute atomic E-state index is 9.77. The Hall–Kier alpha value is -1.47. The normalized spacial score (nSPS) is 22.4. The predicted octanol–water partition coefficient (Wildman–Crippen LogP) is 0.837. The van der Waals surface area contributed by atoms with Gasteiger partial charge < -0.3 is 5.41 Å². The summed E-state index contributed by atoms with van der Waals surface area (Å²) >= 11 is 0. The Kier molecular flexibility index (Phi) is 1.92. The summed E-state index contributed by atoms with van der Waals surface area (Å²) < 4.78 is 0. The zero-order valence-corrected chi connectivity index (χ0v) is 5.24. The fourth-order valence-electron chi connectivity index (χ4n) is 0.700. The van der Waals surface area contributed by atoms with Crippen LogP contribution in [0, 0.1) is 5.41 Å². The van der Waals surface area contributed by atoms with Crippen LogP contribution in [0.3, 0.4) is 0 Å². The quantitative estimate of drug-likeness (QED) is 0.419. The van der Waals surface area contributed by atoms with Crippen LogP contribution in [0.4, 0.5) is 0 Å². The van der Waals surface area contributed by atoms with Gasteiger partial charge in [0, 0.05) is 0 Å². The second-order valence-corrected chi connectivity index (χ2v) is 1.86. The van der Waals surface area contributed by atoms with Gasteiger partial charge in [-0.2, -0.15) is 4.99 Å². The Bertz CT molecular complexity index is 246. The summed E-state index contributed by atoms with van der Waals surface area (Å²) in [5, 5.41) is 7.24. The van der Waals surface area contributed by atoms with Gasteiger partial charge >= 0.3 is 0 Å². The highest BCUT2D eigenvalue weighted by Gasteiger charge is 2.07. The third-order valence-electron chi connectivity index (χ3n) is 1.19. The number of isocyanates is 1. The van der Waals surface area contributed by atoms with E-state index >= 15 is 0 Å². The number of nitrogens with zero attached hydrogens (tertiary/aromatic N) is 1. The molecule has 1 unspecified atom stereocenters. The summed E-state index contributed by atoms with van der Waals surface area (Å²) in [5.74, 6) is 0. The summed E-state index contributed by atoms with van der Waals surface area (Å²) in [6.07, 6.45) is 8.18. The zero-order chi connectivity index (χ0) is 7.40. The number of nitrogens with one attached hydrogen (secondary N) is 1. The smallest absolute Gasteiger partial charge is 0.235 e. The van der Waals surface area contributed by atoms with E-state index in [2.05, 4.69) is 4.99 Å². The number of rotatable bonds is 1. The van der Waals surface area contributed by atoms with Crippen molar-refractivity contribution in [2.24, 2.45) is 4.99 Å². The van der Waals surface area contributed by atoms with Crippen LogP contribution in [0.1, 0.15) is 0 Å². The van der Waals surface area contributed by atoms with Crippen molar-refractivity contribution in [2.45, 2.75) is 6.04 Å². The topological polar surface area (TPSA) is 53.3 Å². The Morgan fingerprint density at radius 1 is 1.60 bits per heavy atom. The van der Waals surface area contributed by atoms with Crippen LogP contribution in [0.5, 0.6) is 0 Å². The standard InChI is InChI=1S/C7H6N2O/c8-6-3-1-2-4-7(6)9-5-10/h1-4,7-8H. The lowest BCUT2D eigenvalue weighted by Gasteiger charge is -2.04. The molecular formula is C7H6N2O. The van der Waals surface area contributed by atoms with Gasteiger partial charge in [0.2, 0.25) is 6.08 Å². The van der Waals surface area contributed by atoms with Crippen molar-refractivity contribution >= 4 is 11.8 Å². The van der Waals surface area contributed by atoms with Crippen molar-refractivity contribution in [2.75, 3.05) is 0 Å². The summed E-state index contributed by atoms with van der Waals surface area (Å²) in [6, 6.07) is -0.414. The monoisotopic (exact) mass is 134 g/mol. The zero-order valence-electron chi connectivity index (χ0n) is 5.24. The number of carbonyl (C=O) groups excluding carboxylic acids is 1. The lowest BCUT2D eigenvalue weighted by atomic mass is 10.1.